The van der Waals surface area contributed by atoms with Crippen LogP contribution in [0.1, 0.15) is 16.7 Å². The van der Waals surface area contributed by atoms with Crippen molar-refractivity contribution in [3.05, 3.63) is 84.1 Å². The summed E-state index contributed by atoms with van der Waals surface area (Å²) < 4.78 is 11.2. The van der Waals surface area contributed by atoms with Gasteiger partial charge in [0.25, 0.3) is 5.91 Å². The standard InChI is InChI=1S/C26H27N3O5/c1-5-7-19-13-18(15-22(33-4)24(19)34-12-6-2)14-21-25(31)29(26(32)28-21)16-23(30)27-20-10-8-17(3)9-11-20/h5-6,8-11,13-15H,1-2,7,12,16H2,3-4H3,(H,27,30)(H,28,32)/b21-14+. The number of hydrogen-bond acceptors (Lipinski definition) is 5. The summed E-state index contributed by atoms with van der Waals surface area (Å²) in [6.45, 7) is 9.26. The summed E-state index contributed by atoms with van der Waals surface area (Å²) in [7, 11) is 1.52. The monoisotopic (exact) mass is 461 g/mol. The van der Waals surface area contributed by atoms with Crippen molar-refractivity contribution in [2.75, 3.05) is 25.6 Å². The molecule has 4 amide bonds. The quantitative estimate of drug-likeness (QED) is 0.318. The Kier molecular flexibility index (Phi) is 7.87. The molecule has 1 fully saturated rings. The average molecular weight is 462 g/mol. The normalized spacial score (nSPS) is 14.1. The molecule has 0 aliphatic carbocycles. The van der Waals surface area contributed by atoms with E-state index in [0.717, 1.165) is 16.0 Å². The van der Waals surface area contributed by atoms with Crippen molar-refractivity contribution >= 4 is 29.6 Å². The Hall–Kier alpha value is -4.33. The Bertz CT molecular complexity index is 1150. The van der Waals surface area contributed by atoms with Gasteiger partial charge in [-0.2, -0.15) is 0 Å². The first kappa shape index (κ1) is 24.3. The fourth-order valence-electron chi connectivity index (χ4n) is 3.39. The number of ether oxygens (including phenoxy) is 2. The van der Waals surface area contributed by atoms with E-state index in [-0.39, 0.29) is 5.70 Å². The number of nitrogens with one attached hydrogen (secondary N) is 2. The molecule has 2 aromatic rings. The molecule has 2 aromatic carbocycles. The Morgan fingerprint density at radius 3 is 2.53 bits per heavy atom. The molecule has 8 heteroatoms. The van der Waals surface area contributed by atoms with Crippen LogP contribution in [0.3, 0.4) is 0 Å². The number of rotatable bonds is 10. The summed E-state index contributed by atoms with van der Waals surface area (Å²) in [6, 6.07) is 10.1. The molecule has 0 atom stereocenters. The van der Waals surface area contributed by atoms with Crippen LogP contribution >= 0.6 is 0 Å². The highest BCUT2D eigenvalue weighted by atomic mass is 16.5. The van der Waals surface area contributed by atoms with E-state index in [2.05, 4.69) is 23.8 Å². The lowest BCUT2D eigenvalue weighted by atomic mass is 10.0. The second-order valence-corrected chi connectivity index (χ2v) is 7.60. The number of aryl methyl sites for hydroxylation is 1. The minimum Gasteiger partial charge on any atom is -0.493 e. The van der Waals surface area contributed by atoms with E-state index in [4.69, 9.17) is 9.47 Å². The third-order valence-corrected chi connectivity index (χ3v) is 4.99. The van der Waals surface area contributed by atoms with E-state index in [1.54, 1.807) is 30.4 Å². The molecule has 1 saturated heterocycles. The molecular formula is C26H27N3O5. The van der Waals surface area contributed by atoms with Crippen molar-refractivity contribution < 1.29 is 23.9 Å². The Morgan fingerprint density at radius 2 is 1.88 bits per heavy atom. The van der Waals surface area contributed by atoms with Crippen LogP contribution in [0.15, 0.2) is 67.4 Å². The van der Waals surface area contributed by atoms with Gasteiger partial charge in [-0.1, -0.05) is 36.4 Å². The highest BCUT2D eigenvalue weighted by Gasteiger charge is 2.35. The van der Waals surface area contributed by atoms with Crippen LogP contribution in [0, 0.1) is 6.92 Å². The number of benzene rings is 2. The number of anilines is 1. The van der Waals surface area contributed by atoms with Crippen LogP contribution in [0.4, 0.5) is 10.5 Å². The van der Waals surface area contributed by atoms with E-state index < -0.39 is 24.4 Å². The number of amides is 4. The zero-order valence-electron chi connectivity index (χ0n) is 19.2. The fraction of sp³-hybridized carbons (Fsp3) is 0.192. The second kappa shape index (κ2) is 11.0. The van der Waals surface area contributed by atoms with Gasteiger partial charge in [-0.05, 0) is 49.2 Å². The second-order valence-electron chi connectivity index (χ2n) is 7.60. The van der Waals surface area contributed by atoms with Crippen molar-refractivity contribution in [1.82, 2.24) is 10.2 Å². The maximum atomic E-state index is 12.8. The molecule has 176 valence electrons. The first-order valence-corrected chi connectivity index (χ1v) is 10.6. The van der Waals surface area contributed by atoms with Gasteiger partial charge < -0.3 is 20.1 Å². The van der Waals surface area contributed by atoms with E-state index >= 15 is 0 Å². The lowest BCUT2D eigenvalue weighted by Gasteiger charge is -2.15. The SMILES string of the molecule is C=CCOc1c(CC=C)cc(/C=C2/NC(=O)N(CC(=O)Nc3ccc(C)cc3)C2=O)cc1OC. The number of imide groups is 1. The molecule has 3 rings (SSSR count). The van der Waals surface area contributed by atoms with Crippen molar-refractivity contribution in [1.29, 1.82) is 0 Å². The maximum absolute atomic E-state index is 12.8. The Labute approximate surface area is 198 Å². The van der Waals surface area contributed by atoms with Crippen molar-refractivity contribution in [3.63, 3.8) is 0 Å². The number of carbonyl (C=O) groups excluding carboxylic acids is 3. The number of allylic oxidation sites excluding steroid dienone is 1. The van der Waals surface area contributed by atoms with Gasteiger partial charge in [0.05, 0.1) is 7.11 Å². The summed E-state index contributed by atoms with van der Waals surface area (Å²) in [5.74, 6) is -0.0488. The molecule has 1 aliphatic heterocycles. The average Bonchev–Trinajstić information content (AvgIpc) is 3.07. The van der Waals surface area contributed by atoms with Crippen LogP contribution < -0.4 is 20.1 Å². The van der Waals surface area contributed by atoms with Gasteiger partial charge in [0, 0.05) is 11.3 Å². The Morgan fingerprint density at radius 1 is 1.15 bits per heavy atom. The number of hydrogen-bond donors (Lipinski definition) is 2. The first-order valence-electron chi connectivity index (χ1n) is 10.6. The molecule has 1 aliphatic rings. The highest BCUT2D eigenvalue weighted by Crippen LogP contribution is 2.34. The van der Waals surface area contributed by atoms with E-state index in [9.17, 15) is 14.4 Å². The van der Waals surface area contributed by atoms with Crippen LogP contribution in [0.5, 0.6) is 11.5 Å². The third-order valence-electron chi connectivity index (χ3n) is 4.99. The fourth-order valence-corrected chi connectivity index (χ4v) is 3.39. The van der Waals surface area contributed by atoms with Gasteiger partial charge in [-0.25, -0.2) is 9.69 Å². The predicted octanol–water partition coefficient (Wildman–Crippen LogP) is 3.83. The third kappa shape index (κ3) is 5.72. The predicted molar refractivity (Wildman–Crippen MR) is 131 cm³/mol. The molecule has 0 saturated carbocycles. The lowest BCUT2D eigenvalue weighted by molar-refractivity contribution is -0.127. The summed E-state index contributed by atoms with van der Waals surface area (Å²) in [5, 5.41) is 5.21. The number of urea groups is 1. The van der Waals surface area contributed by atoms with Gasteiger partial charge in [-0.3, -0.25) is 9.59 Å². The van der Waals surface area contributed by atoms with Gasteiger partial charge in [0.2, 0.25) is 5.91 Å². The molecule has 1 heterocycles. The molecule has 34 heavy (non-hydrogen) atoms. The van der Waals surface area contributed by atoms with Crippen molar-refractivity contribution in [2.45, 2.75) is 13.3 Å². The van der Waals surface area contributed by atoms with E-state index in [1.165, 1.54) is 13.2 Å². The zero-order valence-corrected chi connectivity index (χ0v) is 19.2. The van der Waals surface area contributed by atoms with Crippen LogP contribution in [0.2, 0.25) is 0 Å². The molecular weight excluding hydrogens is 434 g/mol. The lowest BCUT2D eigenvalue weighted by Crippen LogP contribution is -2.38. The summed E-state index contributed by atoms with van der Waals surface area (Å²) >= 11 is 0. The Balaban J connectivity index is 1.80. The summed E-state index contributed by atoms with van der Waals surface area (Å²) in [5.41, 5.74) is 3.11. The van der Waals surface area contributed by atoms with Crippen molar-refractivity contribution in [3.8, 4) is 11.5 Å². The molecule has 0 bridgehead atoms. The zero-order chi connectivity index (χ0) is 24.7. The minimum absolute atomic E-state index is 0.0551. The smallest absolute Gasteiger partial charge is 0.329 e. The minimum atomic E-state index is -0.667. The number of nitrogens with zero attached hydrogens (tertiary/aromatic N) is 1. The van der Waals surface area contributed by atoms with Gasteiger partial charge in [0.1, 0.15) is 18.8 Å². The molecule has 2 N–H and O–H groups in total. The van der Waals surface area contributed by atoms with E-state index in [1.807, 2.05) is 25.1 Å². The van der Waals surface area contributed by atoms with Crippen LogP contribution in [-0.4, -0.2) is 43.0 Å². The van der Waals surface area contributed by atoms with Crippen molar-refractivity contribution in [2.24, 2.45) is 0 Å². The van der Waals surface area contributed by atoms with E-state index in [0.29, 0.717) is 35.8 Å². The summed E-state index contributed by atoms with van der Waals surface area (Å²) in [4.78, 5) is 38.5. The maximum Gasteiger partial charge on any atom is 0.329 e. The van der Waals surface area contributed by atoms with Gasteiger partial charge in [-0.15, -0.1) is 6.58 Å². The van der Waals surface area contributed by atoms with Crippen LogP contribution in [0.25, 0.3) is 6.08 Å². The molecule has 0 spiro atoms. The molecule has 0 radical (unpaired) electrons. The number of methoxy groups -OCH3 is 1. The van der Waals surface area contributed by atoms with Gasteiger partial charge in [0.15, 0.2) is 11.5 Å². The topological polar surface area (TPSA) is 97.0 Å². The first-order chi connectivity index (χ1) is 16.4. The highest BCUT2D eigenvalue weighted by molar-refractivity contribution is 6.16. The largest absolute Gasteiger partial charge is 0.493 e. The summed E-state index contributed by atoms with van der Waals surface area (Å²) in [6.07, 6.45) is 5.39. The molecule has 0 unspecified atom stereocenters. The number of carbonyl (C=O) groups is 3. The van der Waals surface area contributed by atoms with Crippen LogP contribution in [-0.2, 0) is 16.0 Å². The molecule has 8 nitrogen and oxygen atoms in total. The molecule has 0 aromatic heterocycles. The van der Waals surface area contributed by atoms with Gasteiger partial charge >= 0.3 is 6.03 Å².